The first-order chi connectivity index (χ1) is 11.5. The van der Waals surface area contributed by atoms with Crippen molar-refractivity contribution in [1.29, 1.82) is 0 Å². The zero-order valence-corrected chi connectivity index (χ0v) is 14.4. The van der Waals surface area contributed by atoms with Crippen LogP contribution in [0.4, 0.5) is 5.95 Å². The number of anilines is 1. The molecule has 0 fully saturated rings. The Hall–Kier alpha value is -2.38. The lowest BCUT2D eigenvalue weighted by Crippen LogP contribution is -2.27. The van der Waals surface area contributed by atoms with Crippen LogP contribution in [-0.4, -0.2) is 27.9 Å². The number of aromatic nitrogens is 2. The van der Waals surface area contributed by atoms with Gasteiger partial charge < -0.3 is 9.88 Å². The van der Waals surface area contributed by atoms with Crippen LogP contribution >= 0.6 is 22.9 Å². The quantitative estimate of drug-likeness (QED) is 0.732. The van der Waals surface area contributed by atoms with Gasteiger partial charge in [0.05, 0.1) is 11.0 Å². The molecule has 8 heteroatoms. The predicted molar refractivity (Wildman–Crippen MR) is 95.6 cm³/mol. The van der Waals surface area contributed by atoms with E-state index in [4.69, 9.17) is 11.6 Å². The van der Waals surface area contributed by atoms with Crippen LogP contribution in [0.2, 0.25) is 5.02 Å². The largest absolute Gasteiger partial charge is 0.351 e. The number of aryl methyl sites for hydroxylation is 1. The number of amides is 2. The molecule has 0 unspecified atom stereocenters. The number of halogens is 1. The Morgan fingerprint density at radius 3 is 2.92 bits per heavy atom. The smallest absolute Gasteiger partial charge is 0.252 e. The third-order valence-electron chi connectivity index (χ3n) is 3.52. The second-order valence-corrected chi connectivity index (χ2v) is 6.41. The van der Waals surface area contributed by atoms with E-state index in [1.54, 1.807) is 28.1 Å². The summed E-state index contributed by atoms with van der Waals surface area (Å²) in [6.45, 7) is 0.260. The van der Waals surface area contributed by atoms with Gasteiger partial charge in [-0.25, -0.2) is 4.98 Å². The highest BCUT2D eigenvalue weighted by atomic mass is 35.5. The summed E-state index contributed by atoms with van der Waals surface area (Å²) in [5.74, 6) is 0.0490. The van der Waals surface area contributed by atoms with Crippen LogP contribution in [-0.2, 0) is 11.8 Å². The standard InChI is InChI=1S/C16H15ClN4O2S/c1-21-13-3-2-11(17)8-12(13)19-16(21)20-14(22)4-6-18-15(23)10-5-7-24-9-10/h2-3,5,7-9H,4,6H2,1H3,(H,18,23)(H,19,20,22). The minimum Gasteiger partial charge on any atom is -0.351 e. The summed E-state index contributed by atoms with van der Waals surface area (Å²) in [5, 5.41) is 9.65. The van der Waals surface area contributed by atoms with Crippen LogP contribution in [0.1, 0.15) is 16.8 Å². The average Bonchev–Trinajstić information content (AvgIpc) is 3.16. The number of hydrogen-bond acceptors (Lipinski definition) is 4. The van der Waals surface area contributed by atoms with Crippen molar-refractivity contribution in [2.45, 2.75) is 6.42 Å². The lowest BCUT2D eigenvalue weighted by atomic mass is 10.3. The van der Waals surface area contributed by atoms with Gasteiger partial charge in [0.1, 0.15) is 0 Å². The number of benzene rings is 1. The number of rotatable bonds is 5. The van der Waals surface area contributed by atoms with Gasteiger partial charge >= 0.3 is 0 Å². The van der Waals surface area contributed by atoms with Crippen molar-refractivity contribution in [2.75, 3.05) is 11.9 Å². The highest BCUT2D eigenvalue weighted by molar-refractivity contribution is 7.08. The number of hydrogen-bond donors (Lipinski definition) is 2. The van der Waals surface area contributed by atoms with Gasteiger partial charge in [-0.1, -0.05) is 11.6 Å². The summed E-state index contributed by atoms with van der Waals surface area (Å²) in [6.07, 6.45) is 0.167. The number of nitrogens with zero attached hydrogens (tertiary/aromatic N) is 2. The minimum absolute atomic E-state index is 0.167. The molecule has 2 N–H and O–H groups in total. The fraction of sp³-hybridized carbons (Fsp3) is 0.188. The highest BCUT2D eigenvalue weighted by Gasteiger charge is 2.12. The Balaban J connectivity index is 1.57. The van der Waals surface area contributed by atoms with E-state index >= 15 is 0 Å². The van der Waals surface area contributed by atoms with Crippen LogP contribution in [0.25, 0.3) is 11.0 Å². The topological polar surface area (TPSA) is 76.0 Å². The summed E-state index contributed by atoms with van der Waals surface area (Å²) < 4.78 is 1.79. The van der Waals surface area contributed by atoms with Crippen molar-refractivity contribution in [3.8, 4) is 0 Å². The van der Waals surface area contributed by atoms with Gasteiger partial charge in [-0.2, -0.15) is 11.3 Å². The molecular weight excluding hydrogens is 348 g/mol. The van der Waals surface area contributed by atoms with E-state index in [-0.39, 0.29) is 24.8 Å². The van der Waals surface area contributed by atoms with E-state index in [0.717, 1.165) is 5.52 Å². The van der Waals surface area contributed by atoms with Gasteiger partial charge in [0.15, 0.2) is 0 Å². The van der Waals surface area contributed by atoms with Gasteiger partial charge in [0.2, 0.25) is 11.9 Å². The number of nitrogens with one attached hydrogen (secondary N) is 2. The fourth-order valence-corrected chi connectivity index (χ4v) is 3.06. The van der Waals surface area contributed by atoms with E-state index < -0.39 is 0 Å². The van der Waals surface area contributed by atoms with Gasteiger partial charge in [-0.3, -0.25) is 14.9 Å². The van der Waals surface area contributed by atoms with Gasteiger partial charge in [0, 0.05) is 36.0 Å². The second kappa shape index (κ2) is 7.02. The van der Waals surface area contributed by atoms with Crippen molar-refractivity contribution in [3.05, 3.63) is 45.6 Å². The molecule has 0 spiro atoms. The van der Waals surface area contributed by atoms with Gasteiger partial charge in [-0.15, -0.1) is 0 Å². The Bertz CT molecular complexity index is 889. The Morgan fingerprint density at radius 1 is 1.33 bits per heavy atom. The SMILES string of the molecule is Cn1c(NC(=O)CCNC(=O)c2ccsc2)nc2cc(Cl)ccc21. The molecule has 0 aliphatic carbocycles. The van der Waals surface area contributed by atoms with Crippen LogP contribution in [0.15, 0.2) is 35.0 Å². The van der Waals surface area contributed by atoms with Crippen molar-refractivity contribution < 1.29 is 9.59 Å². The molecule has 0 aliphatic rings. The molecule has 2 heterocycles. The summed E-state index contributed by atoms with van der Waals surface area (Å²) in [4.78, 5) is 28.2. The number of carbonyl (C=O) groups excluding carboxylic acids is 2. The minimum atomic E-state index is -0.217. The maximum Gasteiger partial charge on any atom is 0.252 e. The molecule has 6 nitrogen and oxygen atoms in total. The third kappa shape index (κ3) is 3.58. The lowest BCUT2D eigenvalue weighted by molar-refractivity contribution is -0.116. The van der Waals surface area contributed by atoms with Gasteiger partial charge in [0.25, 0.3) is 5.91 Å². The molecule has 0 aliphatic heterocycles. The van der Waals surface area contributed by atoms with E-state index in [0.29, 0.717) is 22.1 Å². The first kappa shape index (κ1) is 16.5. The molecule has 0 saturated carbocycles. The van der Waals surface area contributed by atoms with Crippen molar-refractivity contribution in [1.82, 2.24) is 14.9 Å². The van der Waals surface area contributed by atoms with Gasteiger partial charge in [-0.05, 0) is 29.6 Å². The first-order valence-electron chi connectivity index (χ1n) is 7.27. The molecular formula is C16H15ClN4O2S. The lowest BCUT2D eigenvalue weighted by Gasteiger charge is -2.06. The average molecular weight is 363 g/mol. The number of thiophene rings is 1. The molecule has 1 aromatic carbocycles. The molecule has 0 bridgehead atoms. The molecule has 2 aromatic heterocycles. The Morgan fingerprint density at radius 2 is 2.17 bits per heavy atom. The second-order valence-electron chi connectivity index (χ2n) is 5.19. The summed E-state index contributed by atoms with van der Waals surface area (Å²) in [6, 6.07) is 7.11. The first-order valence-corrected chi connectivity index (χ1v) is 8.59. The Kier molecular flexibility index (Phi) is 4.82. The Labute approximate surface area is 147 Å². The number of carbonyl (C=O) groups is 2. The molecule has 24 heavy (non-hydrogen) atoms. The fourth-order valence-electron chi connectivity index (χ4n) is 2.26. The van der Waals surface area contributed by atoms with Crippen LogP contribution in [0.3, 0.4) is 0 Å². The number of fused-ring (bicyclic) bond motifs is 1. The molecule has 124 valence electrons. The zero-order valence-electron chi connectivity index (χ0n) is 12.9. The normalized spacial score (nSPS) is 10.8. The zero-order chi connectivity index (χ0) is 17.1. The van der Waals surface area contributed by atoms with Crippen molar-refractivity contribution in [3.63, 3.8) is 0 Å². The molecule has 0 saturated heterocycles. The maximum atomic E-state index is 12.0. The molecule has 0 radical (unpaired) electrons. The van der Waals surface area contributed by atoms with E-state index in [1.165, 1.54) is 11.3 Å². The monoisotopic (exact) mass is 362 g/mol. The molecule has 3 aromatic rings. The van der Waals surface area contributed by atoms with E-state index in [9.17, 15) is 9.59 Å². The molecule has 2 amide bonds. The number of imidazole rings is 1. The molecule has 3 rings (SSSR count). The van der Waals surface area contributed by atoms with Crippen LogP contribution < -0.4 is 10.6 Å². The van der Waals surface area contributed by atoms with Crippen LogP contribution in [0, 0.1) is 0 Å². The van der Waals surface area contributed by atoms with Crippen LogP contribution in [0.5, 0.6) is 0 Å². The summed E-state index contributed by atoms with van der Waals surface area (Å²) >= 11 is 7.40. The highest BCUT2D eigenvalue weighted by Crippen LogP contribution is 2.21. The third-order valence-corrected chi connectivity index (χ3v) is 4.43. The van der Waals surface area contributed by atoms with Crippen molar-refractivity contribution in [2.24, 2.45) is 7.05 Å². The maximum absolute atomic E-state index is 12.0. The summed E-state index contributed by atoms with van der Waals surface area (Å²) in [5.41, 5.74) is 2.19. The summed E-state index contributed by atoms with van der Waals surface area (Å²) in [7, 11) is 1.82. The molecule has 0 atom stereocenters. The van der Waals surface area contributed by atoms with E-state index in [2.05, 4.69) is 15.6 Å². The predicted octanol–water partition coefficient (Wildman–Crippen LogP) is 3.05. The van der Waals surface area contributed by atoms with Crippen molar-refractivity contribution >= 4 is 51.7 Å². The van der Waals surface area contributed by atoms with E-state index in [1.807, 2.05) is 18.5 Å².